The molecule has 0 aliphatic heterocycles. The molecule has 4 aromatic rings. The molecule has 3 N–H and O–H groups in total. The van der Waals surface area contributed by atoms with Crippen LogP contribution in [-0.4, -0.2) is 27.1 Å². The molecule has 0 saturated carbocycles. The van der Waals surface area contributed by atoms with Crippen LogP contribution < -0.4 is 21.9 Å². The predicted octanol–water partition coefficient (Wildman–Crippen LogP) is 4.02. The van der Waals surface area contributed by atoms with Crippen LogP contribution in [0.2, 0.25) is 0 Å². The fraction of sp³-hybridized carbons (Fsp3) is 0.143. The smallest absolute Gasteiger partial charge is 0.358 e. The number of benzene rings is 2. The van der Waals surface area contributed by atoms with Crippen molar-refractivity contribution in [2.45, 2.75) is 19.6 Å². The Labute approximate surface area is 226 Å². The molecule has 0 aliphatic rings. The number of hydrogen-bond acceptors (Lipinski definition) is 6. The van der Waals surface area contributed by atoms with Gasteiger partial charge >= 0.3 is 11.9 Å². The largest absolute Gasteiger partial charge is 0.416 e. The fourth-order valence-electron chi connectivity index (χ4n) is 4.26. The number of nitriles is 1. The van der Waals surface area contributed by atoms with Crippen molar-refractivity contribution in [2.24, 2.45) is 5.84 Å². The number of amides is 1. The molecule has 0 aliphatic carbocycles. The molecular weight excluding hydrogens is 523 g/mol. The molecule has 0 bridgehead atoms. The summed E-state index contributed by atoms with van der Waals surface area (Å²) in [6.07, 6.45) is -0.0730. The molecule has 0 fully saturated rings. The van der Waals surface area contributed by atoms with E-state index >= 15 is 0 Å². The second-order valence-electron chi connectivity index (χ2n) is 8.74. The van der Waals surface area contributed by atoms with E-state index < -0.39 is 29.9 Å². The van der Waals surface area contributed by atoms with Gasteiger partial charge in [0.05, 0.1) is 28.6 Å². The molecular formula is C28H24F3N7O2. The lowest BCUT2D eigenvalue weighted by Crippen LogP contribution is -2.31. The Morgan fingerprint density at radius 3 is 2.55 bits per heavy atom. The van der Waals surface area contributed by atoms with E-state index in [1.165, 1.54) is 40.9 Å². The molecule has 0 saturated heterocycles. The van der Waals surface area contributed by atoms with Gasteiger partial charge in [0.2, 0.25) is 5.91 Å². The standard InChI is InChI=1S/C28H24F3N7O2/c1-4-6-23(38(33)21-11-9-18(14-32)10-12-21)22-15-36-26(35-37(27(36)40)16-24(39)34-3)25(17(22)2)19-7-5-8-20(13-19)28(29,30)31/h4-13,15H,1,16,33H2,2-3H3,(H,34,39)/b23-6-. The number of nitrogens with two attached hydrogens (primary N) is 1. The number of anilines is 1. The van der Waals surface area contributed by atoms with Crippen LogP contribution in [0.3, 0.4) is 0 Å². The number of nitrogens with zero attached hydrogens (tertiary/aromatic N) is 5. The molecule has 40 heavy (non-hydrogen) atoms. The third kappa shape index (κ3) is 5.23. The quantitative estimate of drug-likeness (QED) is 0.205. The van der Waals surface area contributed by atoms with Crippen LogP contribution in [0, 0.1) is 18.3 Å². The zero-order valence-corrected chi connectivity index (χ0v) is 21.5. The van der Waals surface area contributed by atoms with Gasteiger partial charge in [-0.15, -0.1) is 5.10 Å². The maximum absolute atomic E-state index is 13.6. The third-order valence-electron chi connectivity index (χ3n) is 6.27. The first-order chi connectivity index (χ1) is 19.0. The van der Waals surface area contributed by atoms with Crippen molar-refractivity contribution in [3.63, 3.8) is 0 Å². The molecule has 0 radical (unpaired) electrons. The number of rotatable bonds is 7. The molecule has 0 unspecified atom stereocenters. The first-order valence-electron chi connectivity index (χ1n) is 11.9. The van der Waals surface area contributed by atoms with Crippen LogP contribution in [0.25, 0.3) is 22.5 Å². The van der Waals surface area contributed by atoms with Crippen molar-refractivity contribution in [2.75, 3.05) is 12.1 Å². The van der Waals surface area contributed by atoms with Crippen molar-refractivity contribution in [3.8, 4) is 17.2 Å². The van der Waals surface area contributed by atoms with Crippen LogP contribution in [-0.2, 0) is 17.5 Å². The maximum Gasteiger partial charge on any atom is 0.416 e. The summed E-state index contributed by atoms with van der Waals surface area (Å²) >= 11 is 0. The van der Waals surface area contributed by atoms with E-state index in [0.717, 1.165) is 16.8 Å². The van der Waals surface area contributed by atoms with Gasteiger partial charge in [0.1, 0.15) is 6.54 Å². The number of hydrazine groups is 1. The van der Waals surface area contributed by atoms with Crippen LogP contribution >= 0.6 is 0 Å². The van der Waals surface area contributed by atoms with E-state index in [-0.39, 0.29) is 16.8 Å². The van der Waals surface area contributed by atoms with Crippen molar-refractivity contribution >= 4 is 22.9 Å². The van der Waals surface area contributed by atoms with Gasteiger partial charge in [0.15, 0.2) is 5.65 Å². The molecule has 4 rings (SSSR count). The first-order valence-corrected chi connectivity index (χ1v) is 11.9. The van der Waals surface area contributed by atoms with Gasteiger partial charge in [-0.05, 0) is 60.5 Å². The predicted molar refractivity (Wildman–Crippen MR) is 145 cm³/mol. The van der Waals surface area contributed by atoms with E-state index in [4.69, 9.17) is 11.1 Å². The zero-order chi connectivity index (χ0) is 29.2. The van der Waals surface area contributed by atoms with E-state index in [9.17, 15) is 22.8 Å². The number of pyridine rings is 1. The van der Waals surface area contributed by atoms with Crippen LogP contribution in [0.1, 0.15) is 22.3 Å². The number of hydrogen-bond donors (Lipinski definition) is 2. The van der Waals surface area contributed by atoms with E-state index in [2.05, 4.69) is 17.0 Å². The summed E-state index contributed by atoms with van der Waals surface area (Å²) in [6, 6.07) is 13.1. The van der Waals surface area contributed by atoms with Gasteiger partial charge in [0, 0.05) is 24.4 Å². The number of aromatic nitrogens is 3. The Morgan fingerprint density at radius 1 is 1.25 bits per heavy atom. The summed E-state index contributed by atoms with van der Waals surface area (Å²) in [4.78, 5) is 25.4. The van der Waals surface area contributed by atoms with Gasteiger partial charge in [0.25, 0.3) is 0 Å². The minimum Gasteiger partial charge on any atom is -0.358 e. The average molecular weight is 548 g/mol. The highest BCUT2D eigenvalue weighted by Gasteiger charge is 2.31. The van der Waals surface area contributed by atoms with Gasteiger partial charge in [-0.1, -0.05) is 24.8 Å². The number of nitrogens with one attached hydrogen (secondary N) is 1. The van der Waals surface area contributed by atoms with Crippen LogP contribution in [0.5, 0.6) is 0 Å². The summed E-state index contributed by atoms with van der Waals surface area (Å²) in [7, 11) is 1.41. The summed E-state index contributed by atoms with van der Waals surface area (Å²) in [5, 5.41) is 17.2. The van der Waals surface area contributed by atoms with Gasteiger partial charge in [-0.2, -0.15) is 18.4 Å². The zero-order valence-electron chi connectivity index (χ0n) is 21.5. The number of likely N-dealkylation sites (N-methyl/N-ethyl adjacent to an activating group) is 1. The molecule has 2 aromatic carbocycles. The normalized spacial score (nSPS) is 11.8. The SMILES string of the molecule is C=C/C=C(/c1cn2c(=O)n(CC(=O)NC)nc2c(-c2cccc(C(F)(F)F)c2)c1C)N(N)c1ccc(C#N)cc1. The lowest BCUT2D eigenvalue weighted by molar-refractivity contribution is -0.137. The Balaban J connectivity index is 2.03. The minimum atomic E-state index is -4.60. The fourth-order valence-corrected chi connectivity index (χ4v) is 4.26. The Morgan fingerprint density at radius 2 is 1.95 bits per heavy atom. The maximum atomic E-state index is 13.6. The summed E-state index contributed by atoms with van der Waals surface area (Å²) in [6.45, 7) is 5.03. The lowest BCUT2D eigenvalue weighted by atomic mass is 9.95. The molecule has 2 aromatic heterocycles. The average Bonchev–Trinajstić information content (AvgIpc) is 3.24. The highest BCUT2D eigenvalue weighted by atomic mass is 19.4. The van der Waals surface area contributed by atoms with E-state index in [0.29, 0.717) is 28.1 Å². The monoisotopic (exact) mass is 547 g/mol. The first kappa shape index (κ1) is 27.9. The minimum absolute atomic E-state index is 0.0642. The molecule has 204 valence electrons. The van der Waals surface area contributed by atoms with Gasteiger partial charge in [-0.25, -0.2) is 19.7 Å². The van der Waals surface area contributed by atoms with Crippen molar-refractivity contribution in [3.05, 3.63) is 106 Å². The van der Waals surface area contributed by atoms with Crippen molar-refractivity contribution in [1.82, 2.24) is 19.5 Å². The third-order valence-corrected chi connectivity index (χ3v) is 6.27. The van der Waals surface area contributed by atoms with Gasteiger partial charge < -0.3 is 5.32 Å². The Bertz CT molecular complexity index is 1740. The topological polar surface area (TPSA) is 121 Å². The summed E-state index contributed by atoms with van der Waals surface area (Å²) in [5.74, 6) is 6.00. The van der Waals surface area contributed by atoms with E-state index in [1.807, 2.05) is 6.07 Å². The van der Waals surface area contributed by atoms with E-state index in [1.54, 1.807) is 37.3 Å². The molecule has 0 atom stereocenters. The highest BCUT2D eigenvalue weighted by Crippen LogP contribution is 2.37. The second-order valence-corrected chi connectivity index (χ2v) is 8.74. The second kappa shape index (κ2) is 10.9. The Hall–Kier alpha value is -5.15. The summed E-state index contributed by atoms with van der Waals surface area (Å²) in [5.41, 5.74) is 1.08. The molecule has 12 heteroatoms. The molecule has 0 spiro atoms. The highest BCUT2D eigenvalue weighted by molar-refractivity contribution is 5.89. The molecule has 9 nitrogen and oxygen atoms in total. The Kier molecular flexibility index (Phi) is 7.61. The molecule has 2 heterocycles. The summed E-state index contributed by atoms with van der Waals surface area (Å²) < 4.78 is 43.0. The molecule has 1 amide bonds. The van der Waals surface area contributed by atoms with Crippen molar-refractivity contribution in [1.29, 1.82) is 5.26 Å². The van der Waals surface area contributed by atoms with Crippen molar-refractivity contribution < 1.29 is 18.0 Å². The van der Waals surface area contributed by atoms with Gasteiger partial charge in [-0.3, -0.25) is 9.80 Å². The van der Waals surface area contributed by atoms with Crippen LogP contribution in [0.15, 0.2) is 78.3 Å². The number of alkyl halides is 3. The number of carbonyl (C=O) groups excluding carboxylic acids is 1. The van der Waals surface area contributed by atoms with Crippen LogP contribution in [0.4, 0.5) is 18.9 Å². The number of carbonyl (C=O) groups is 1. The number of halogens is 3. The lowest BCUT2D eigenvalue weighted by Gasteiger charge is -2.25. The number of allylic oxidation sites excluding steroid dienone is 2. The number of fused-ring (bicyclic) bond motifs is 1.